The molecule has 2 unspecified atom stereocenters. The molecule has 1 saturated carbocycles. The van der Waals surface area contributed by atoms with E-state index >= 15 is 0 Å². The molecule has 1 aromatic carbocycles. The number of hydrogen-bond acceptors (Lipinski definition) is 13. The molecule has 3 aromatic rings. The number of aromatic nitrogens is 3. The highest BCUT2D eigenvalue weighted by Gasteiger charge is 2.83. The second-order valence-corrected chi connectivity index (χ2v) is 17.6. The van der Waals surface area contributed by atoms with E-state index < -0.39 is 55.9 Å². The van der Waals surface area contributed by atoms with Crippen LogP contribution in [-0.4, -0.2) is 79.5 Å². The zero-order chi connectivity index (χ0) is 43.9. The first-order valence-electron chi connectivity index (χ1n) is 21.7. The number of allylic oxidation sites excluding steroid dienone is 1. The van der Waals surface area contributed by atoms with Crippen molar-refractivity contribution in [2.45, 2.75) is 158 Å². The zero-order valence-electron chi connectivity index (χ0n) is 35.3. The van der Waals surface area contributed by atoms with Crippen LogP contribution >= 0.6 is 7.82 Å². The lowest BCUT2D eigenvalue weighted by molar-refractivity contribution is -0.107. The average Bonchev–Trinajstić information content (AvgIpc) is 3.48. The molecule has 334 valence electrons. The van der Waals surface area contributed by atoms with Gasteiger partial charge in [-0.15, -0.1) is 6.58 Å². The van der Waals surface area contributed by atoms with Gasteiger partial charge in [-0.1, -0.05) is 109 Å². The maximum atomic E-state index is 14.9. The molecular weight excluding hydrogens is 806 g/mol. The number of halogens is 1. The van der Waals surface area contributed by atoms with Gasteiger partial charge in [0.25, 0.3) is 0 Å². The highest BCUT2D eigenvalue weighted by molar-refractivity contribution is 7.47. The van der Waals surface area contributed by atoms with Crippen LogP contribution in [0.25, 0.3) is 5.52 Å². The maximum Gasteiger partial charge on any atom is 0.472 e. The number of aliphatic hydroxyl groups is 2. The number of phosphoric acid groups is 1. The fraction of sp³-hybridized carbons (Fsp3) is 0.636. The molecule has 0 spiro atoms. The van der Waals surface area contributed by atoms with Crippen LogP contribution in [0.3, 0.4) is 0 Å². The number of nitriles is 2. The number of unbranched alkanes of at least 4 members (excludes halogenated alkanes) is 15. The van der Waals surface area contributed by atoms with Gasteiger partial charge >= 0.3 is 7.82 Å². The van der Waals surface area contributed by atoms with Gasteiger partial charge in [0.05, 0.1) is 37.1 Å². The lowest BCUT2D eigenvalue weighted by Crippen LogP contribution is -2.47. The summed E-state index contributed by atoms with van der Waals surface area (Å²) in [5.41, 5.74) is 2.66. The van der Waals surface area contributed by atoms with Gasteiger partial charge in [0.2, 0.25) is 5.60 Å². The first-order chi connectivity index (χ1) is 29.5. The lowest BCUT2D eigenvalue weighted by atomic mass is 9.90. The van der Waals surface area contributed by atoms with Crippen molar-refractivity contribution >= 4 is 19.2 Å². The van der Waals surface area contributed by atoms with Crippen molar-refractivity contribution in [3.05, 3.63) is 71.4 Å². The molecular formula is C44H62FN6O9P. The summed E-state index contributed by atoms with van der Waals surface area (Å²) in [6.45, 7) is 5.57. The van der Waals surface area contributed by atoms with Crippen molar-refractivity contribution < 1.29 is 47.3 Å². The average molecular weight is 869 g/mol. The number of aliphatic hydroxyl groups excluding tert-OH is 1. The van der Waals surface area contributed by atoms with Gasteiger partial charge in [-0.3, -0.25) is 9.05 Å². The summed E-state index contributed by atoms with van der Waals surface area (Å²) in [5.74, 6) is -0.475. The Hall–Kier alpha value is -3.80. The van der Waals surface area contributed by atoms with Crippen molar-refractivity contribution in [3.63, 3.8) is 0 Å². The van der Waals surface area contributed by atoms with Crippen LogP contribution in [0.2, 0.25) is 0 Å². The molecule has 3 heterocycles. The third-order valence-corrected chi connectivity index (χ3v) is 12.5. The summed E-state index contributed by atoms with van der Waals surface area (Å²) in [6.07, 6.45) is 17.0. The number of anilines is 1. The van der Waals surface area contributed by atoms with Gasteiger partial charge < -0.3 is 35.1 Å². The SMILES string of the molecule is C=CCc1c(F)cc(CO[C@H](COCCCCCCCCCCCCCCCCCC)COP(=O)(O)OC2[C@H]3O[C@@](C#N)(c4ccc5c(N)ncnn45)[C@H](O)[C@@]23O)cc1C#N. The summed E-state index contributed by atoms with van der Waals surface area (Å²) in [7, 11) is -4.95. The number of nitrogens with zero attached hydrogens (tertiary/aromatic N) is 5. The van der Waals surface area contributed by atoms with E-state index in [1.807, 2.05) is 12.1 Å². The Balaban J connectivity index is 1.08. The minimum Gasteiger partial charge on any atom is -0.385 e. The number of ether oxygens (including phenoxy) is 3. The lowest BCUT2D eigenvalue weighted by Gasteiger charge is -2.29. The van der Waals surface area contributed by atoms with E-state index in [9.17, 15) is 34.6 Å². The molecule has 2 aromatic heterocycles. The number of benzene rings is 1. The third-order valence-electron chi connectivity index (χ3n) is 11.6. The number of phosphoric ester groups is 1. The quantitative estimate of drug-likeness (QED) is 0.0287. The van der Waals surface area contributed by atoms with Crippen molar-refractivity contribution in [1.82, 2.24) is 14.6 Å². The van der Waals surface area contributed by atoms with Crippen LogP contribution in [0.1, 0.15) is 132 Å². The minimum absolute atomic E-state index is 0.0390. The molecule has 15 nitrogen and oxygen atoms in total. The van der Waals surface area contributed by atoms with Crippen LogP contribution in [0.4, 0.5) is 10.2 Å². The van der Waals surface area contributed by atoms with E-state index in [1.165, 1.54) is 118 Å². The molecule has 0 bridgehead atoms. The van der Waals surface area contributed by atoms with Gasteiger partial charge in [-0.2, -0.15) is 15.6 Å². The zero-order valence-corrected chi connectivity index (χ0v) is 36.2. The second kappa shape index (κ2) is 23.0. The van der Waals surface area contributed by atoms with Gasteiger partial charge in [0.1, 0.15) is 48.1 Å². The first kappa shape index (κ1) is 48.2. The van der Waals surface area contributed by atoms with Crippen molar-refractivity contribution in [3.8, 4) is 12.1 Å². The number of hydrogen-bond donors (Lipinski definition) is 4. The predicted molar refractivity (Wildman–Crippen MR) is 225 cm³/mol. The molecule has 2 aliphatic rings. The largest absolute Gasteiger partial charge is 0.472 e. The van der Waals surface area contributed by atoms with E-state index in [4.69, 9.17) is 29.0 Å². The van der Waals surface area contributed by atoms with Crippen LogP contribution in [-0.2, 0) is 46.5 Å². The smallest absolute Gasteiger partial charge is 0.385 e. The van der Waals surface area contributed by atoms with E-state index in [0.29, 0.717) is 17.7 Å². The van der Waals surface area contributed by atoms with Gasteiger partial charge in [-0.05, 0) is 42.7 Å². The van der Waals surface area contributed by atoms with Crippen LogP contribution in [0.5, 0.6) is 0 Å². The monoisotopic (exact) mass is 868 g/mol. The van der Waals surface area contributed by atoms with Crippen molar-refractivity contribution in [1.29, 1.82) is 10.5 Å². The summed E-state index contributed by atoms with van der Waals surface area (Å²) >= 11 is 0. The van der Waals surface area contributed by atoms with E-state index in [2.05, 4.69) is 23.6 Å². The normalized spacial score (nSPS) is 23.3. The molecule has 2 fully saturated rings. The van der Waals surface area contributed by atoms with Crippen LogP contribution in [0, 0.1) is 28.5 Å². The number of fused-ring (bicyclic) bond motifs is 2. The molecule has 0 amide bonds. The Morgan fingerprint density at radius 1 is 1.03 bits per heavy atom. The second-order valence-electron chi connectivity index (χ2n) is 16.1. The molecule has 0 radical (unpaired) electrons. The van der Waals surface area contributed by atoms with Gasteiger partial charge in [0.15, 0.2) is 11.4 Å². The Morgan fingerprint density at radius 2 is 1.67 bits per heavy atom. The van der Waals surface area contributed by atoms with Crippen LogP contribution in [0.15, 0.2) is 43.2 Å². The summed E-state index contributed by atoms with van der Waals surface area (Å²) < 4.78 is 57.7. The van der Waals surface area contributed by atoms with Gasteiger partial charge in [-0.25, -0.2) is 18.5 Å². The molecule has 5 rings (SSSR count). The number of rotatable bonds is 30. The molecule has 1 saturated heterocycles. The van der Waals surface area contributed by atoms with E-state index in [0.717, 1.165) is 25.6 Å². The fourth-order valence-electron chi connectivity index (χ4n) is 8.01. The number of nitrogens with two attached hydrogens (primary N) is 1. The molecule has 1 aliphatic heterocycles. The molecule has 61 heavy (non-hydrogen) atoms. The molecule has 5 N–H and O–H groups in total. The van der Waals surface area contributed by atoms with Crippen LogP contribution < -0.4 is 5.73 Å². The van der Waals surface area contributed by atoms with Crippen molar-refractivity contribution in [2.24, 2.45) is 0 Å². The van der Waals surface area contributed by atoms with E-state index in [1.54, 1.807) is 0 Å². The first-order valence-corrected chi connectivity index (χ1v) is 23.2. The summed E-state index contributed by atoms with van der Waals surface area (Å²) in [4.78, 5) is 14.7. The molecule has 1 aliphatic carbocycles. The van der Waals surface area contributed by atoms with Gasteiger partial charge in [0, 0.05) is 12.2 Å². The Morgan fingerprint density at radius 3 is 2.25 bits per heavy atom. The standard InChI is InChI=1S/C44H62FN6O9P/c1-3-5-6-7-8-9-10-11-12-13-14-15-16-17-18-19-23-56-28-34(57-27-32-24-33(26-46)35(20-4-2)36(45)25-32)29-58-61(54,55)60-40-39-44(40,53)42(52)43(30-47,59-39)38-22-21-37-41(48)49-31-50-51(37)38/h4,21-22,24-25,31,34,39-40,42,52-53H,2-3,5-20,23,27-29H2,1H3,(H,54,55)(H2,48,49,50)/t34-,39-,40?,42+,43+,44+/m1/s1. The third kappa shape index (κ3) is 12.2. The summed E-state index contributed by atoms with van der Waals surface area (Å²) in [5, 5.41) is 46.5. The summed E-state index contributed by atoms with van der Waals surface area (Å²) in [6, 6.07) is 9.65. The number of nitrogen functional groups attached to an aromatic ring is 1. The highest BCUT2D eigenvalue weighted by Crippen LogP contribution is 2.63. The molecule has 7 atom stereocenters. The Labute approximate surface area is 358 Å². The Kier molecular flexibility index (Phi) is 18.2. The minimum atomic E-state index is -4.95. The Bertz CT molecular complexity index is 2020. The predicted octanol–water partition coefficient (Wildman–Crippen LogP) is 7.64. The maximum absolute atomic E-state index is 14.9. The van der Waals surface area contributed by atoms with Crippen molar-refractivity contribution in [2.75, 3.05) is 25.6 Å². The fourth-order valence-corrected chi connectivity index (χ4v) is 8.99. The van der Waals surface area contributed by atoms with E-state index in [-0.39, 0.29) is 42.3 Å². The molecule has 17 heteroatoms. The topological polar surface area (TPSA) is 228 Å². The highest BCUT2D eigenvalue weighted by atomic mass is 31.2.